The summed E-state index contributed by atoms with van der Waals surface area (Å²) in [5.41, 5.74) is 0.432. The molecule has 2 rings (SSSR count). The third-order valence-electron chi connectivity index (χ3n) is 3.28. The summed E-state index contributed by atoms with van der Waals surface area (Å²) in [6.45, 7) is 5.14. The second kappa shape index (κ2) is 7.28. The van der Waals surface area contributed by atoms with E-state index in [0.29, 0.717) is 0 Å². The van der Waals surface area contributed by atoms with Crippen LogP contribution >= 0.6 is 0 Å². The van der Waals surface area contributed by atoms with E-state index in [2.05, 4.69) is 22.0 Å². The van der Waals surface area contributed by atoms with Crippen molar-refractivity contribution in [1.29, 1.82) is 0 Å². The molecule has 0 bridgehead atoms. The number of aromatic nitrogens is 3. The Hall–Kier alpha value is -2.33. The second-order valence-corrected chi connectivity index (χ2v) is 7.48. The van der Waals surface area contributed by atoms with Crippen LogP contribution in [0.1, 0.15) is 24.6 Å². The number of aliphatic hydroxyl groups excluding tert-OH is 1. The number of rotatable bonds is 7. The van der Waals surface area contributed by atoms with Crippen LogP contribution in [-0.4, -0.2) is 41.1 Å². The highest BCUT2D eigenvalue weighted by Crippen LogP contribution is 2.30. The van der Waals surface area contributed by atoms with Crippen molar-refractivity contribution < 1.29 is 22.3 Å². The van der Waals surface area contributed by atoms with Gasteiger partial charge in [-0.25, -0.2) is 26.9 Å². The fourth-order valence-electron chi connectivity index (χ4n) is 2.12. The molecule has 2 aromatic rings. The molecule has 2 heterocycles. The normalized spacial score (nSPS) is 11.8. The third-order valence-corrected chi connectivity index (χ3v) is 4.28. The standard InChI is InChI=1S/C15H18F2N4O3S/c1-9(2)6-19-15-11(8-22)13(14(16)17)20-21(15)10-4-5-12(18-7-10)25(3,23)24/h4-5,7,14,19,22H,1,6,8H2,2-3H3. The first-order valence-electron chi connectivity index (χ1n) is 7.20. The average Bonchev–Trinajstić information content (AvgIpc) is 2.90. The zero-order chi connectivity index (χ0) is 18.8. The van der Waals surface area contributed by atoms with Crippen LogP contribution in [0.25, 0.3) is 5.69 Å². The Labute approximate surface area is 143 Å². The van der Waals surface area contributed by atoms with Gasteiger partial charge in [-0.2, -0.15) is 5.10 Å². The van der Waals surface area contributed by atoms with E-state index in [9.17, 15) is 22.3 Å². The molecule has 0 saturated carbocycles. The van der Waals surface area contributed by atoms with Crippen LogP contribution in [0.5, 0.6) is 0 Å². The summed E-state index contributed by atoms with van der Waals surface area (Å²) in [6, 6.07) is 2.66. The van der Waals surface area contributed by atoms with Gasteiger partial charge in [0.15, 0.2) is 14.9 Å². The van der Waals surface area contributed by atoms with E-state index < -0.39 is 28.6 Å². The quantitative estimate of drug-likeness (QED) is 0.723. The lowest BCUT2D eigenvalue weighted by atomic mass is 10.2. The molecule has 0 atom stereocenters. The zero-order valence-corrected chi connectivity index (χ0v) is 14.5. The maximum absolute atomic E-state index is 13.2. The first kappa shape index (κ1) is 19.0. The number of alkyl halides is 2. The van der Waals surface area contributed by atoms with E-state index in [1.54, 1.807) is 6.92 Å². The van der Waals surface area contributed by atoms with Crippen LogP contribution in [0.3, 0.4) is 0 Å². The average molecular weight is 372 g/mol. The van der Waals surface area contributed by atoms with Crippen LogP contribution in [0, 0.1) is 0 Å². The Balaban J connectivity index is 2.56. The fourth-order valence-corrected chi connectivity index (χ4v) is 2.68. The summed E-state index contributed by atoms with van der Waals surface area (Å²) in [5, 5.41) is 16.1. The highest BCUT2D eigenvalue weighted by Gasteiger charge is 2.24. The van der Waals surface area contributed by atoms with Crippen molar-refractivity contribution in [1.82, 2.24) is 14.8 Å². The van der Waals surface area contributed by atoms with Gasteiger partial charge in [-0.3, -0.25) is 0 Å². The minimum absolute atomic E-state index is 0.0385. The molecule has 0 unspecified atom stereocenters. The lowest BCUT2D eigenvalue weighted by molar-refractivity contribution is 0.141. The molecule has 0 aliphatic carbocycles. The molecule has 25 heavy (non-hydrogen) atoms. The lowest BCUT2D eigenvalue weighted by Gasteiger charge is -2.11. The van der Waals surface area contributed by atoms with E-state index in [-0.39, 0.29) is 28.6 Å². The van der Waals surface area contributed by atoms with Gasteiger partial charge in [0.25, 0.3) is 6.43 Å². The Morgan fingerprint density at radius 2 is 2.12 bits per heavy atom. The van der Waals surface area contributed by atoms with Crippen molar-refractivity contribution >= 4 is 15.7 Å². The summed E-state index contributed by atoms with van der Waals surface area (Å²) in [5.74, 6) is 0.176. The SMILES string of the molecule is C=C(C)CNc1c(CO)c(C(F)F)nn1-c1ccc(S(C)(=O)=O)nc1. The van der Waals surface area contributed by atoms with Crippen LogP contribution in [0.4, 0.5) is 14.6 Å². The smallest absolute Gasteiger partial charge is 0.282 e. The first-order valence-corrected chi connectivity index (χ1v) is 9.09. The number of pyridine rings is 1. The van der Waals surface area contributed by atoms with Crippen molar-refractivity contribution in [3.63, 3.8) is 0 Å². The van der Waals surface area contributed by atoms with Gasteiger partial charge in [0, 0.05) is 18.4 Å². The van der Waals surface area contributed by atoms with Crippen molar-refractivity contribution in [2.24, 2.45) is 0 Å². The number of anilines is 1. The van der Waals surface area contributed by atoms with Gasteiger partial charge < -0.3 is 10.4 Å². The molecule has 0 saturated heterocycles. The van der Waals surface area contributed by atoms with Crippen molar-refractivity contribution in [3.05, 3.63) is 41.7 Å². The molecule has 0 fully saturated rings. The predicted molar refractivity (Wildman–Crippen MR) is 88.7 cm³/mol. The first-order chi connectivity index (χ1) is 11.6. The third kappa shape index (κ3) is 4.20. The molecule has 10 heteroatoms. The topological polar surface area (TPSA) is 97.1 Å². The Morgan fingerprint density at radius 3 is 2.56 bits per heavy atom. The molecule has 0 aliphatic heterocycles. The molecule has 136 valence electrons. The summed E-state index contributed by atoms with van der Waals surface area (Å²) in [4.78, 5) is 3.83. The van der Waals surface area contributed by atoms with Gasteiger partial charge in [-0.05, 0) is 19.1 Å². The van der Waals surface area contributed by atoms with Gasteiger partial charge in [-0.1, -0.05) is 12.2 Å². The Kier molecular flexibility index (Phi) is 5.53. The van der Waals surface area contributed by atoms with Crippen molar-refractivity contribution in [2.75, 3.05) is 18.1 Å². The summed E-state index contributed by atoms with van der Waals surface area (Å²) in [6.07, 6.45) is -0.648. The number of aliphatic hydroxyl groups is 1. The molecular formula is C15H18F2N4O3S. The van der Waals surface area contributed by atoms with Crippen LogP contribution in [0.15, 0.2) is 35.5 Å². The summed E-state index contributed by atoms with van der Waals surface area (Å²) in [7, 11) is -3.48. The number of hydrogen-bond donors (Lipinski definition) is 2. The van der Waals surface area contributed by atoms with Gasteiger partial charge in [0.05, 0.1) is 18.5 Å². The molecule has 0 amide bonds. The summed E-state index contributed by atoms with van der Waals surface area (Å²) < 4.78 is 50.6. The van der Waals surface area contributed by atoms with E-state index in [4.69, 9.17) is 0 Å². The molecule has 0 radical (unpaired) electrons. The van der Waals surface area contributed by atoms with E-state index in [0.717, 1.165) is 16.5 Å². The predicted octanol–water partition coefficient (Wildman–Crippen LogP) is 2.09. The van der Waals surface area contributed by atoms with Gasteiger partial charge in [0.1, 0.15) is 11.5 Å². The maximum atomic E-state index is 13.2. The number of nitrogens with zero attached hydrogens (tertiary/aromatic N) is 3. The van der Waals surface area contributed by atoms with Crippen LogP contribution < -0.4 is 5.32 Å². The highest BCUT2D eigenvalue weighted by molar-refractivity contribution is 7.90. The lowest BCUT2D eigenvalue weighted by Crippen LogP contribution is -2.10. The molecule has 0 aromatic carbocycles. The highest BCUT2D eigenvalue weighted by atomic mass is 32.2. The maximum Gasteiger partial charge on any atom is 0.282 e. The second-order valence-electron chi connectivity index (χ2n) is 5.52. The van der Waals surface area contributed by atoms with Gasteiger partial charge in [0.2, 0.25) is 0 Å². The molecule has 2 N–H and O–H groups in total. The van der Waals surface area contributed by atoms with E-state index in [1.807, 2.05) is 0 Å². The number of hydrogen-bond acceptors (Lipinski definition) is 6. The summed E-state index contributed by atoms with van der Waals surface area (Å²) >= 11 is 0. The fraction of sp³-hybridized carbons (Fsp3) is 0.333. The van der Waals surface area contributed by atoms with Gasteiger partial charge >= 0.3 is 0 Å². The molecular weight excluding hydrogens is 354 g/mol. The number of sulfone groups is 1. The monoisotopic (exact) mass is 372 g/mol. The van der Waals surface area contributed by atoms with Crippen molar-refractivity contribution in [2.45, 2.75) is 25.0 Å². The molecule has 2 aromatic heterocycles. The number of halogens is 2. The molecule has 0 aliphatic rings. The number of nitrogens with one attached hydrogen (secondary N) is 1. The Bertz CT molecular complexity index is 877. The van der Waals surface area contributed by atoms with E-state index in [1.165, 1.54) is 18.3 Å². The van der Waals surface area contributed by atoms with Crippen LogP contribution in [-0.2, 0) is 16.4 Å². The minimum atomic E-state index is -3.48. The van der Waals surface area contributed by atoms with Crippen molar-refractivity contribution in [3.8, 4) is 5.69 Å². The van der Waals surface area contributed by atoms with Crippen LogP contribution in [0.2, 0.25) is 0 Å². The van der Waals surface area contributed by atoms with Gasteiger partial charge in [-0.15, -0.1) is 0 Å². The largest absolute Gasteiger partial charge is 0.391 e. The molecule has 7 nitrogen and oxygen atoms in total. The zero-order valence-electron chi connectivity index (χ0n) is 13.7. The van der Waals surface area contributed by atoms with E-state index >= 15 is 0 Å². The minimum Gasteiger partial charge on any atom is -0.391 e. The Morgan fingerprint density at radius 1 is 1.44 bits per heavy atom. The molecule has 0 spiro atoms.